The second-order valence-electron chi connectivity index (χ2n) is 4.09. The van der Waals surface area contributed by atoms with Crippen molar-refractivity contribution < 1.29 is 14.3 Å². The summed E-state index contributed by atoms with van der Waals surface area (Å²) in [5, 5.41) is 0. The van der Waals surface area contributed by atoms with Crippen molar-refractivity contribution in [2.45, 2.75) is 13.5 Å². The second-order valence-corrected chi connectivity index (χ2v) is 4.09. The average Bonchev–Trinajstić information content (AvgIpc) is 2.78. The Morgan fingerprint density at radius 2 is 2.26 bits per heavy atom. The first-order valence-corrected chi connectivity index (χ1v) is 5.73. The highest BCUT2D eigenvalue weighted by atomic mass is 16.5. The highest BCUT2D eigenvalue weighted by molar-refractivity contribution is 5.80. The maximum Gasteiger partial charge on any atom is 0.326 e. The van der Waals surface area contributed by atoms with Crippen LogP contribution in [0.15, 0.2) is 18.3 Å². The molecule has 0 aliphatic carbocycles. The van der Waals surface area contributed by atoms with Crippen molar-refractivity contribution in [2.75, 3.05) is 13.6 Å². The van der Waals surface area contributed by atoms with Gasteiger partial charge in [0.05, 0.1) is 5.52 Å². The van der Waals surface area contributed by atoms with Gasteiger partial charge in [0.25, 0.3) is 0 Å². The van der Waals surface area contributed by atoms with E-state index >= 15 is 0 Å². The summed E-state index contributed by atoms with van der Waals surface area (Å²) >= 11 is 0. The maximum absolute atomic E-state index is 11.5. The number of imidazole rings is 1. The molecule has 1 N–H and O–H groups in total. The molecule has 0 fully saturated rings. The van der Waals surface area contributed by atoms with E-state index in [2.05, 4.69) is 15.0 Å². The number of carbonyl (C=O) groups is 2. The molecule has 100 valence electrons. The van der Waals surface area contributed by atoms with Crippen molar-refractivity contribution in [1.82, 2.24) is 19.9 Å². The van der Waals surface area contributed by atoms with Crippen LogP contribution < -0.4 is 0 Å². The number of amides is 1. The summed E-state index contributed by atoms with van der Waals surface area (Å²) < 4.78 is 5.02. The fraction of sp³-hybridized carbons (Fsp3) is 0.333. The molecule has 1 amide bonds. The number of rotatable bonds is 4. The van der Waals surface area contributed by atoms with E-state index in [9.17, 15) is 9.59 Å². The first-order valence-electron chi connectivity index (χ1n) is 5.73. The van der Waals surface area contributed by atoms with Crippen LogP contribution in [-0.2, 0) is 20.9 Å². The zero-order chi connectivity index (χ0) is 13.8. The summed E-state index contributed by atoms with van der Waals surface area (Å²) in [7, 11) is 1.54. The van der Waals surface area contributed by atoms with Crippen LogP contribution >= 0.6 is 0 Å². The van der Waals surface area contributed by atoms with E-state index in [4.69, 9.17) is 4.74 Å². The minimum absolute atomic E-state index is 0.0287. The number of pyridine rings is 1. The number of aromatic nitrogens is 3. The number of hydrogen-bond acceptors (Lipinski definition) is 5. The Labute approximate surface area is 109 Å². The van der Waals surface area contributed by atoms with Crippen LogP contribution in [-0.4, -0.2) is 45.3 Å². The number of nitrogens with zero attached hydrogens (tertiary/aromatic N) is 3. The molecule has 0 aliphatic rings. The lowest BCUT2D eigenvalue weighted by Gasteiger charge is -2.13. The van der Waals surface area contributed by atoms with Gasteiger partial charge in [-0.2, -0.15) is 0 Å². The molecular formula is C12H14N4O3. The summed E-state index contributed by atoms with van der Waals surface area (Å²) in [5.74, 6) is -0.150. The number of H-pyrrole nitrogens is 1. The summed E-state index contributed by atoms with van der Waals surface area (Å²) in [6.07, 6.45) is 1.64. The second kappa shape index (κ2) is 5.47. The van der Waals surface area contributed by atoms with Gasteiger partial charge in [0.2, 0.25) is 5.91 Å². The molecule has 0 atom stereocenters. The highest BCUT2D eigenvalue weighted by Crippen LogP contribution is 2.08. The number of carbonyl (C=O) groups excluding carboxylic acids is 2. The lowest BCUT2D eigenvalue weighted by Crippen LogP contribution is -2.31. The van der Waals surface area contributed by atoms with E-state index in [0.717, 1.165) is 5.52 Å². The van der Waals surface area contributed by atoms with E-state index in [1.165, 1.54) is 18.9 Å². The van der Waals surface area contributed by atoms with Gasteiger partial charge >= 0.3 is 5.97 Å². The predicted octanol–water partition coefficient (Wildman–Crippen LogP) is 0.479. The normalized spacial score (nSPS) is 10.4. The number of likely N-dealkylation sites (N-methyl/N-ethyl adjacent to an activating group) is 1. The van der Waals surface area contributed by atoms with Gasteiger partial charge in [-0.25, -0.2) is 9.97 Å². The highest BCUT2D eigenvalue weighted by Gasteiger charge is 2.11. The van der Waals surface area contributed by atoms with Crippen molar-refractivity contribution in [3.63, 3.8) is 0 Å². The third-order valence-corrected chi connectivity index (χ3v) is 2.58. The smallest absolute Gasteiger partial charge is 0.326 e. The van der Waals surface area contributed by atoms with E-state index in [0.29, 0.717) is 11.5 Å². The number of ether oxygens (including phenoxy) is 1. The molecule has 2 aromatic heterocycles. The zero-order valence-electron chi connectivity index (χ0n) is 10.7. The molecule has 2 heterocycles. The molecule has 0 saturated heterocycles. The Morgan fingerprint density at radius 3 is 2.95 bits per heavy atom. The molecule has 0 aromatic carbocycles. The summed E-state index contributed by atoms with van der Waals surface area (Å²) in [4.78, 5) is 35.0. The molecule has 0 bridgehead atoms. The quantitative estimate of drug-likeness (QED) is 0.809. The van der Waals surface area contributed by atoms with Crippen LogP contribution in [0.25, 0.3) is 11.2 Å². The minimum atomic E-state index is -0.480. The number of fused-ring (bicyclic) bond motifs is 1. The fourth-order valence-corrected chi connectivity index (χ4v) is 1.46. The van der Waals surface area contributed by atoms with Crippen molar-refractivity contribution >= 4 is 23.0 Å². The van der Waals surface area contributed by atoms with E-state index in [-0.39, 0.29) is 19.1 Å². The van der Waals surface area contributed by atoms with Gasteiger partial charge < -0.3 is 14.6 Å². The van der Waals surface area contributed by atoms with Crippen LogP contribution in [0, 0.1) is 0 Å². The first-order chi connectivity index (χ1) is 9.06. The fourth-order valence-electron chi connectivity index (χ4n) is 1.46. The summed E-state index contributed by atoms with van der Waals surface area (Å²) in [6, 6.07) is 3.63. The van der Waals surface area contributed by atoms with Crippen LogP contribution in [0.1, 0.15) is 12.7 Å². The predicted molar refractivity (Wildman–Crippen MR) is 67.0 cm³/mol. The molecule has 0 unspecified atom stereocenters. The SMILES string of the molecule is CC(=O)N(C)CC(=O)OCc1nc2ncccc2[nH]1. The molecule has 0 aliphatic heterocycles. The van der Waals surface area contributed by atoms with Crippen molar-refractivity contribution in [3.05, 3.63) is 24.2 Å². The Bertz CT molecular complexity index is 575. The number of esters is 1. The first kappa shape index (κ1) is 13.0. The van der Waals surface area contributed by atoms with Crippen molar-refractivity contribution in [3.8, 4) is 0 Å². The third-order valence-electron chi connectivity index (χ3n) is 2.58. The van der Waals surface area contributed by atoms with Crippen LogP contribution in [0.4, 0.5) is 0 Å². The molecule has 0 saturated carbocycles. The van der Waals surface area contributed by atoms with Gasteiger partial charge in [0.1, 0.15) is 19.0 Å². The van der Waals surface area contributed by atoms with E-state index in [1.807, 2.05) is 6.07 Å². The third kappa shape index (κ3) is 3.27. The van der Waals surface area contributed by atoms with E-state index in [1.54, 1.807) is 12.3 Å². The monoisotopic (exact) mass is 262 g/mol. The maximum atomic E-state index is 11.5. The van der Waals surface area contributed by atoms with Crippen molar-refractivity contribution in [2.24, 2.45) is 0 Å². The van der Waals surface area contributed by atoms with Crippen molar-refractivity contribution in [1.29, 1.82) is 0 Å². The average molecular weight is 262 g/mol. The Balaban J connectivity index is 1.91. The summed E-state index contributed by atoms with van der Waals surface area (Å²) in [6.45, 7) is 1.34. The number of aromatic amines is 1. The lowest BCUT2D eigenvalue weighted by atomic mass is 10.4. The zero-order valence-corrected chi connectivity index (χ0v) is 10.7. The Hall–Kier alpha value is -2.44. The van der Waals surface area contributed by atoms with Gasteiger partial charge in [-0.05, 0) is 12.1 Å². The molecule has 7 heteroatoms. The van der Waals surface area contributed by atoms with Gasteiger partial charge in [-0.1, -0.05) is 0 Å². The van der Waals surface area contributed by atoms with E-state index < -0.39 is 5.97 Å². The molecule has 0 spiro atoms. The van der Waals surface area contributed by atoms with Crippen LogP contribution in [0.3, 0.4) is 0 Å². The molecule has 0 radical (unpaired) electrons. The number of nitrogens with one attached hydrogen (secondary N) is 1. The molecule has 2 aromatic rings. The summed E-state index contributed by atoms with van der Waals surface area (Å²) in [5.41, 5.74) is 1.36. The Morgan fingerprint density at radius 1 is 1.47 bits per heavy atom. The number of hydrogen-bond donors (Lipinski definition) is 1. The van der Waals surface area contributed by atoms with Crippen LogP contribution in [0.5, 0.6) is 0 Å². The molecule has 2 rings (SSSR count). The standard InChI is InChI=1S/C12H14N4O3/c1-8(17)16(2)6-11(18)19-7-10-14-9-4-3-5-13-12(9)15-10/h3-5H,6-7H2,1-2H3,(H,13,14,15). The molecule has 7 nitrogen and oxygen atoms in total. The Kier molecular flexibility index (Phi) is 3.74. The van der Waals surface area contributed by atoms with Gasteiger partial charge in [0.15, 0.2) is 5.65 Å². The van der Waals surface area contributed by atoms with Gasteiger partial charge in [-0.3, -0.25) is 9.59 Å². The van der Waals surface area contributed by atoms with Gasteiger partial charge in [-0.15, -0.1) is 0 Å². The molecule has 19 heavy (non-hydrogen) atoms. The van der Waals surface area contributed by atoms with Crippen LogP contribution in [0.2, 0.25) is 0 Å². The minimum Gasteiger partial charge on any atom is -0.456 e. The largest absolute Gasteiger partial charge is 0.456 e. The molecular weight excluding hydrogens is 248 g/mol. The lowest BCUT2D eigenvalue weighted by molar-refractivity contribution is -0.149. The topological polar surface area (TPSA) is 88.2 Å². The van der Waals surface area contributed by atoms with Gasteiger partial charge in [0, 0.05) is 20.2 Å².